The van der Waals surface area contributed by atoms with Crippen molar-refractivity contribution in [3.63, 3.8) is 0 Å². The van der Waals surface area contributed by atoms with Gasteiger partial charge in [0, 0.05) is 12.0 Å². The minimum atomic E-state index is -0.707. The van der Waals surface area contributed by atoms with Crippen LogP contribution in [-0.2, 0) is 5.54 Å². The van der Waals surface area contributed by atoms with Crippen LogP contribution in [0, 0.1) is 0 Å². The van der Waals surface area contributed by atoms with Gasteiger partial charge >= 0.3 is 0 Å². The minimum Gasteiger partial charge on any atom is -0.507 e. The van der Waals surface area contributed by atoms with E-state index in [1.165, 1.54) is 0 Å². The lowest BCUT2D eigenvalue weighted by atomic mass is 9.76. The Morgan fingerprint density at radius 2 is 1.75 bits per heavy atom. The first-order valence-corrected chi connectivity index (χ1v) is 8.64. The van der Waals surface area contributed by atoms with E-state index >= 15 is 0 Å². The maximum atomic E-state index is 9.87. The van der Waals surface area contributed by atoms with Gasteiger partial charge in [-0.05, 0) is 60.8 Å². The molecule has 24 heavy (non-hydrogen) atoms. The molecule has 128 valence electrons. The summed E-state index contributed by atoms with van der Waals surface area (Å²) in [5.74, 6) is 0.326. The van der Waals surface area contributed by atoms with Crippen molar-refractivity contribution in [2.45, 2.75) is 17.8 Å². The second-order valence-electron chi connectivity index (χ2n) is 5.92. The van der Waals surface area contributed by atoms with Gasteiger partial charge in [0.15, 0.2) is 0 Å². The molecule has 0 aliphatic carbocycles. The van der Waals surface area contributed by atoms with Gasteiger partial charge in [0.2, 0.25) is 5.85 Å². The quantitative estimate of drug-likeness (QED) is 0.603. The summed E-state index contributed by atoms with van der Waals surface area (Å²) in [6.07, 6.45) is 0.623. The van der Waals surface area contributed by atoms with Crippen LogP contribution in [0.3, 0.4) is 0 Å². The average molecular weight is 392 g/mol. The van der Waals surface area contributed by atoms with E-state index in [0.717, 1.165) is 16.9 Å². The number of rotatable bonds is 4. The van der Waals surface area contributed by atoms with E-state index in [9.17, 15) is 5.11 Å². The molecule has 4 N–H and O–H groups in total. The third kappa shape index (κ3) is 2.59. The highest BCUT2D eigenvalue weighted by Crippen LogP contribution is 2.46. The molecule has 3 rings (SSSR count). The van der Waals surface area contributed by atoms with Crippen LogP contribution in [0.25, 0.3) is 0 Å². The number of halogens is 1. The number of phenolic OH excluding ortho intramolecular Hbond substituents is 1. The number of aromatic hydroxyl groups is 1. The molecule has 1 atom stereocenters. The third-order valence-corrected chi connectivity index (χ3v) is 5.46. The topological polar surface area (TPSA) is 65.5 Å². The van der Waals surface area contributed by atoms with Crippen molar-refractivity contribution in [3.8, 4) is 11.5 Å². The van der Waals surface area contributed by atoms with Crippen LogP contribution in [0.2, 0.25) is 0 Å². The Morgan fingerprint density at radius 3 is 2.38 bits per heavy atom. The molecule has 0 saturated carbocycles. The summed E-state index contributed by atoms with van der Waals surface area (Å²) in [7, 11) is 5.69. The number of hydrogen-bond acceptors (Lipinski definition) is 5. The first kappa shape index (κ1) is 17.2. The van der Waals surface area contributed by atoms with Crippen LogP contribution in [-0.4, -0.2) is 32.1 Å². The molecule has 2 aromatic rings. The monoisotopic (exact) mass is 391 g/mol. The van der Waals surface area contributed by atoms with E-state index < -0.39 is 11.4 Å². The smallest absolute Gasteiger partial charge is 0.219 e. The molecule has 6 heteroatoms. The zero-order chi connectivity index (χ0) is 17.4. The van der Waals surface area contributed by atoms with E-state index in [1.54, 1.807) is 6.07 Å². The number of phenols is 1. The standard InChI is InChI=1S/C18H22BrN3O2/c1-20-17(12-8-9-15(23)14(19)10-12)11-18(21-2,22-3)24-16-7-5-4-6-13(16)17/h4-10,20-23H,11H2,1-3H3. The Balaban J connectivity index is 2.25. The van der Waals surface area contributed by atoms with E-state index in [-0.39, 0.29) is 5.75 Å². The van der Waals surface area contributed by atoms with Crippen LogP contribution in [0.4, 0.5) is 0 Å². The number of nitrogens with one attached hydrogen (secondary N) is 3. The second-order valence-corrected chi connectivity index (χ2v) is 6.78. The molecule has 0 fully saturated rings. The first-order chi connectivity index (χ1) is 11.5. The summed E-state index contributed by atoms with van der Waals surface area (Å²) in [5, 5.41) is 19.9. The number of ether oxygens (including phenoxy) is 1. The van der Waals surface area contributed by atoms with Crippen molar-refractivity contribution in [2.75, 3.05) is 21.1 Å². The highest BCUT2D eigenvalue weighted by molar-refractivity contribution is 9.10. The average Bonchev–Trinajstić information content (AvgIpc) is 2.63. The van der Waals surface area contributed by atoms with Crippen LogP contribution in [0.15, 0.2) is 46.9 Å². The molecule has 1 aliphatic heterocycles. The Labute approximate surface area is 150 Å². The van der Waals surface area contributed by atoms with E-state index in [4.69, 9.17) is 4.74 Å². The van der Waals surface area contributed by atoms with Crippen molar-refractivity contribution in [1.29, 1.82) is 0 Å². The molecule has 1 unspecified atom stereocenters. The van der Waals surface area contributed by atoms with Gasteiger partial charge in [-0.1, -0.05) is 24.3 Å². The van der Waals surface area contributed by atoms with Crippen LogP contribution >= 0.6 is 15.9 Å². The minimum absolute atomic E-state index is 0.221. The largest absolute Gasteiger partial charge is 0.507 e. The number of fused-ring (bicyclic) bond motifs is 1. The maximum Gasteiger partial charge on any atom is 0.219 e. The first-order valence-electron chi connectivity index (χ1n) is 7.84. The van der Waals surface area contributed by atoms with Crippen molar-refractivity contribution in [3.05, 3.63) is 58.1 Å². The summed E-state index contributed by atoms with van der Waals surface area (Å²) in [5.41, 5.74) is 1.63. The van der Waals surface area contributed by atoms with Crippen molar-refractivity contribution < 1.29 is 9.84 Å². The number of para-hydroxylation sites is 1. The molecule has 0 saturated heterocycles. The van der Waals surface area contributed by atoms with Crippen LogP contribution < -0.4 is 20.7 Å². The van der Waals surface area contributed by atoms with Crippen LogP contribution in [0.5, 0.6) is 11.5 Å². The van der Waals surface area contributed by atoms with Gasteiger partial charge in [0.25, 0.3) is 0 Å². The fraction of sp³-hybridized carbons (Fsp3) is 0.333. The number of benzene rings is 2. The van der Waals surface area contributed by atoms with E-state index in [2.05, 4.69) is 37.9 Å². The number of hydrogen-bond donors (Lipinski definition) is 4. The molecule has 2 aromatic carbocycles. The molecular formula is C18H22BrN3O2. The molecular weight excluding hydrogens is 370 g/mol. The van der Waals surface area contributed by atoms with E-state index in [1.807, 2.05) is 51.5 Å². The van der Waals surface area contributed by atoms with Gasteiger partial charge in [0.05, 0.1) is 10.0 Å². The fourth-order valence-corrected chi connectivity index (χ4v) is 3.78. The van der Waals surface area contributed by atoms with Gasteiger partial charge in [0.1, 0.15) is 11.5 Å². The fourth-order valence-electron chi connectivity index (χ4n) is 3.40. The lowest BCUT2D eigenvalue weighted by molar-refractivity contribution is -0.0334. The SMILES string of the molecule is CNC1(NC)CC(NC)(c2ccc(O)c(Br)c2)c2ccccc2O1. The molecule has 0 radical (unpaired) electrons. The van der Waals surface area contributed by atoms with Crippen LogP contribution in [0.1, 0.15) is 17.5 Å². The Bertz CT molecular complexity index is 749. The van der Waals surface area contributed by atoms with Crippen molar-refractivity contribution >= 4 is 15.9 Å². The maximum absolute atomic E-state index is 9.87. The molecule has 5 nitrogen and oxygen atoms in total. The van der Waals surface area contributed by atoms with Gasteiger partial charge in [-0.25, -0.2) is 0 Å². The molecule has 1 heterocycles. The highest BCUT2D eigenvalue weighted by atomic mass is 79.9. The van der Waals surface area contributed by atoms with Gasteiger partial charge in [-0.2, -0.15) is 0 Å². The summed E-state index contributed by atoms with van der Waals surface area (Å²) < 4.78 is 6.89. The zero-order valence-corrected chi connectivity index (χ0v) is 15.6. The van der Waals surface area contributed by atoms with E-state index in [0.29, 0.717) is 10.9 Å². The molecule has 1 aliphatic rings. The second kappa shape index (κ2) is 6.37. The lowest BCUT2D eigenvalue weighted by Crippen LogP contribution is -2.66. The molecule has 0 bridgehead atoms. The lowest BCUT2D eigenvalue weighted by Gasteiger charge is -2.48. The predicted octanol–water partition coefficient (Wildman–Crippen LogP) is 2.49. The summed E-state index contributed by atoms with van der Waals surface area (Å²) >= 11 is 3.43. The summed E-state index contributed by atoms with van der Waals surface area (Å²) in [4.78, 5) is 0. The van der Waals surface area contributed by atoms with Gasteiger partial charge < -0.3 is 15.2 Å². The van der Waals surface area contributed by atoms with Gasteiger partial charge in [-0.15, -0.1) is 0 Å². The Kier molecular flexibility index (Phi) is 4.57. The molecule has 0 spiro atoms. The summed E-state index contributed by atoms with van der Waals surface area (Å²) in [6, 6.07) is 13.6. The normalized spacial score (nSPS) is 21.8. The summed E-state index contributed by atoms with van der Waals surface area (Å²) in [6.45, 7) is 0. The highest BCUT2D eigenvalue weighted by Gasteiger charge is 2.49. The zero-order valence-electron chi connectivity index (χ0n) is 14.0. The Morgan fingerprint density at radius 1 is 1.04 bits per heavy atom. The third-order valence-electron chi connectivity index (χ3n) is 4.82. The molecule has 0 amide bonds. The van der Waals surface area contributed by atoms with Crippen molar-refractivity contribution in [2.24, 2.45) is 0 Å². The van der Waals surface area contributed by atoms with Gasteiger partial charge in [-0.3, -0.25) is 10.6 Å². The van der Waals surface area contributed by atoms with Crippen molar-refractivity contribution in [1.82, 2.24) is 16.0 Å². The Hall–Kier alpha value is -1.60. The predicted molar refractivity (Wildman–Crippen MR) is 98.2 cm³/mol. The molecule has 0 aromatic heterocycles.